The van der Waals surface area contributed by atoms with Crippen LogP contribution in [0.4, 0.5) is 4.39 Å². The zero-order valence-corrected chi connectivity index (χ0v) is 19.2. The lowest BCUT2D eigenvalue weighted by Gasteiger charge is -2.22. The summed E-state index contributed by atoms with van der Waals surface area (Å²) >= 11 is 0. The van der Waals surface area contributed by atoms with E-state index in [1.165, 1.54) is 12.1 Å². The predicted octanol–water partition coefficient (Wildman–Crippen LogP) is 2.47. The Bertz CT molecular complexity index is 1110. The molecule has 4 rings (SSSR count). The van der Waals surface area contributed by atoms with E-state index in [0.717, 1.165) is 5.56 Å². The second-order valence-electron chi connectivity index (χ2n) is 8.94. The summed E-state index contributed by atoms with van der Waals surface area (Å²) in [6.45, 7) is 0.855. The molecule has 35 heavy (non-hydrogen) atoms. The van der Waals surface area contributed by atoms with Crippen LogP contribution in [0.5, 0.6) is 0 Å². The smallest absolute Gasteiger partial charge is 0.333 e. The van der Waals surface area contributed by atoms with Crippen LogP contribution >= 0.6 is 0 Å². The van der Waals surface area contributed by atoms with Crippen molar-refractivity contribution in [2.45, 2.75) is 38.1 Å². The molecule has 2 aromatic rings. The average Bonchev–Trinajstić information content (AvgIpc) is 3.59. The van der Waals surface area contributed by atoms with Crippen LogP contribution in [0.15, 0.2) is 54.2 Å². The topological polar surface area (TPSA) is 117 Å². The molecule has 2 aliphatic rings. The summed E-state index contributed by atoms with van der Waals surface area (Å²) < 4.78 is 18.4. The van der Waals surface area contributed by atoms with Gasteiger partial charge in [0.25, 0.3) is 0 Å². The predicted molar refractivity (Wildman–Crippen MR) is 125 cm³/mol. The molecule has 2 amide bonds. The van der Waals surface area contributed by atoms with Crippen LogP contribution in [-0.4, -0.2) is 47.7 Å². The van der Waals surface area contributed by atoms with Gasteiger partial charge < -0.3 is 20.4 Å². The van der Waals surface area contributed by atoms with E-state index in [1.807, 2.05) is 0 Å². The van der Waals surface area contributed by atoms with E-state index in [9.17, 15) is 23.6 Å². The summed E-state index contributed by atoms with van der Waals surface area (Å²) in [5, 5.41) is 5.74. The quantitative estimate of drug-likeness (QED) is 0.274. The molecule has 0 radical (unpaired) electrons. The third-order valence-corrected chi connectivity index (χ3v) is 6.39. The normalized spacial score (nSPS) is 20.4. The highest BCUT2D eigenvalue weighted by Crippen LogP contribution is 2.22. The second-order valence-corrected chi connectivity index (χ2v) is 8.94. The first-order valence-corrected chi connectivity index (χ1v) is 11.8. The van der Waals surface area contributed by atoms with E-state index in [0.29, 0.717) is 37.1 Å². The lowest BCUT2D eigenvalue weighted by Crippen LogP contribution is -2.41. The van der Waals surface area contributed by atoms with Gasteiger partial charge in [0, 0.05) is 49.0 Å². The van der Waals surface area contributed by atoms with Crippen molar-refractivity contribution in [3.8, 4) is 0 Å². The first-order valence-electron chi connectivity index (χ1n) is 11.8. The molecular formula is C26H28FN3O5. The van der Waals surface area contributed by atoms with Crippen molar-refractivity contribution in [3.05, 3.63) is 71.3 Å². The summed E-state index contributed by atoms with van der Waals surface area (Å²) in [6.07, 6.45) is 4.89. The Kier molecular flexibility index (Phi) is 7.74. The number of hydrogen-bond acceptors (Lipinski definition) is 5. The summed E-state index contributed by atoms with van der Waals surface area (Å²) in [5.74, 6) is -2.51. The molecule has 0 aliphatic carbocycles. The number of benzene rings is 1. The van der Waals surface area contributed by atoms with Gasteiger partial charge in [-0.15, -0.1) is 0 Å². The molecule has 8 nitrogen and oxygen atoms in total. The molecule has 2 aliphatic heterocycles. The molecule has 1 aromatic heterocycles. The van der Waals surface area contributed by atoms with Crippen LogP contribution in [0, 0.1) is 17.7 Å². The van der Waals surface area contributed by atoms with Gasteiger partial charge in [-0.2, -0.15) is 0 Å². The standard InChI is InChI=1S/C26H28FN3O5/c27-20-5-3-16(4-6-20)12-19(15-23(31)22-2-1-9-28-22)25(33)30-21(13-17-7-10-29-24(17)32)14-18-8-11-35-26(18)34/h1-6,9,14,17,19,21,28H,7-8,10-13,15H2,(H,29,32)(H,30,33)/b18-14+/t17-,19?,21-/m0/s1. The van der Waals surface area contributed by atoms with Gasteiger partial charge in [0.2, 0.25) is 11.8 Å². The number of halogens is 1. The van der Waals surface area contributed by atoms with Crippen LogP contribution < -0.4 is 10.6 Å². The molecule has 0 bridgehead atoms. The Hall–Kier alpha value is -3.75. The highest BCUT2D eigenvalue weighted by Gasteiger charge is 2.31. The molecule has 9 heteroatoms. The van der Waals surface area contributed by atoms with Gasteiger partial charge in [-0.1, -0.05) is 18.2 Å². The highest BCUT2D eigenvalue weighted by molar-refractivity contribution is 5.97. The summed E-state index contributed by atoms with van der Waals surface area (Å²) in [6, 6.07) is 8.58. The number of cyclic esters (lactones) is 1. The Morgan fingerprint density at radius 2 is 2.00 bits per heavy atom. The number of aromatic amines is 1. The molecule has 3 atom stereocenters. The van der Waals surface area contributed by atoms with Crippen molar-refractivity contribution < 1.29 is 28.3 Å². The molecule has 3 heterocycles. The van der Waals surface area contributed by atoms with Gasteiger partial charge in [0.05, 0.1) is 12.3 Å². The SMILES string of the molecule is O=C1OCC/C1=C\[C@H](C[C@@H]1CCNC1=O)NC(=O)C(CC(=O)c1ccc[nH]1)Cc1ccc(F)cc1. The van der Waals surface area contributed by atoms with Gasteiger partial charge in [-0.05, 0) is 49.1 Å². The summed E-state index contributed by atoms with van der Waals surface area (Å²) in [4.78, 5) is 53.3. The van der Waals surface area contributed by atoms with Crippen LogP contribution in [-0.2, 0) is 25.5 Å². The van der Waals surface area contributed by atoms with Gasteiger partial charge in [0.15, 0.2) is 5.78 Å². The van der Waals surface area contributed by atoms with Crippen LogP contribution in [0.3, 0.4) is 0 Å². The first kappa shape index (κ1) is 24.4. The van der Waals surface area contributed by atoms with Gasteiger partial charge >= 0.3 is 5.97 Å². The molecule has 2 fully saturated rings. The van der Waals surface area contributed by atoms with E-state index in [1.54, 1.807) is 36.5 Å². The minimum atomic E-state index is -0.731. The van der Waals surface area contributed by atoms with E-state index in [-0.39, 0.29) is 48.8 Å². The van der Waals surface area contributed by atoms with Crippen molar-refractivity contribution >= 4 is 23.6 Å². The largest absolute Gasteiger partial charge is 0.462 e. The third-order valence-electron chi connectivity index (χ3n) is 6.39. The third kappa shape index (κ3) is 6.44. The number of rotatable bonds is 10. The second kappa shape index (κ2) is 11.1. The van der Waals surface area contributed by atoms with E-state index < -0.39 is 17.9 Å². The minimum Gasteiger partial charge on any atom is -0.462 e. The fourth-order valence-electron chi connectivity index (χ4n) is 4.49. The summed E-state index contributed by atoms with van der Waals surface area (Å²) in [5.41, 5.74) is 1.58. The maximum absolute atomic E-state index is 13.4. The number of carbonyl (C=O) groups is 4. The molecule has 0 spiro atoms. The van der Waals surface area contributed by atoms with Crippen molar-refractivity contribution in [1.82, 2.24) is 15.6 Å². The Balaban J connectivity index is 1.54. The first-order chi connectivity index (χ1) is 16.9. The fraction of sp³-hybridized carbons (Fsp3) is 0.385. The van der Waals surface area contributed by atoms with Crippen molar-refractivity contribution in [3.63, 3.8) is 0 Å². The number of H-pyrrole nitrogens is 1. The molecule has 1 unspecified atom stereocenters. The number of amides is 2. The van der Waals surface area contributed by atoms with Gasteiger partial charge in [-0.3, -0.25) is 14.4 Å². The fourth-order valence-corrected chi connectivity index (χ4v) is 4.49. The number of Topliss-reactive ketones (excluding diaryl/α,β-unsaturated/α-hetero) is 1. The van der Waals surface area contributed by atoms with Crippen LogP contribution in [0.25, 0.3) is 0 Å². The van der Waals surface area contributed by atoms with Crippen molar-refractivity contribution in [1.29, 1.82) is 0 Å². The maximum atomic E-state index is 13.4. The van der Waals surface area contributed by atoms with Crippen molar-refractivity contribution in [2.24, 2.45) is 11.8 Å². The zero-order valence-electron chi connectivity index (χ0n) is 19.2. The molecule has 0 saturated carbocycles. The van der Waals surface area contributed by atoms with Crippen LogP contribution in [0.2, 0.25) is 0 Å². The minimum absolute atomic E-state index is 0.0566. The average molecular weight is 482 g/mol. The van der Waals surface area contributed by atoms with Crippen molar-refractivity contribution in [2.75, 3.05) is 13.2 Å². The molecule has 2 saturated heterocycles. The van der Waals surface area contributed by atoms with Crippen LogP contribution in [0.1, 0.15) is 41.7 Å². The molecule has 1 aromatic carbocycles. The molecular weight excluding hydrogens is 453 g/mol. The lowest BCUT2D eigenvalue weighted by molar-refractivity contribution is -0.135. The van der Waals surface area contributed by atoms with E-state index in [2.05, 4.69) is 15.6 Å². The van der Waals surface area contributed by atoms with Gasteiger partial charge in [0.1, 0.15) is 5.82 Å². The molecule has 3 N–H and O–H groups in total. The Morgan fingerprint density at radius 3 is 2.63 bits per heavy atom. The number of ether oxygens (including phenoxy) is 1. The summed E-state index contributed by atoms with van der Waals surface area (Å²) in [7, 11) is 0. The number of carbonyl (C=O) groups excluding carboxylic acids is 4. The number of esters is 1. The monoisotopic (exact) mass is 481 g/mol. The Morgan fingerprint density at radius 1 is 1.20 bits per heavy atom. The number of hydrogen-bond donors (Lipinski definition) is 3. The van der Waals surface area contributed by atoms with E-state index in [4.69, 9.17) is 4.74 Å². The van der Waals surface area contributed by atoms with Gasteiger partial charge in [-0.25, -0.2) is 9.18 Å². The lowest BCUT2D eigenvalue weighted by atomic mass is 9.91. The highest BCUT2D eigenvalue weighted by atomic mass is 19.1. The number of ketones is 1. The maximum Gasteiger partial charge on any atom is 0.333 e. The number of aromatic nitrogens is 1. The Labute approximate surface area is 202 Å². The van der Waals surface area contributed by atoms with E-state index >= 15 is 0 Å². The zero-order chi connectivity index (χ0) is 24.8. The number of nitrogens with one attached hydrogen (secondary N) is 3. The molecule has 184 valence electrons.